The van der Waals surface area contributed by atoms with Crippen LogP contribution in [0.25, 0.3) is 0 Å². The number of benzene rings is 1. The van der Waals surface area contributed by atoms with Crippen LogP contribution in [0.4, 0.5) is 0 Å². The zero-order valence-electron chi connectivity index (χ0n) is 19.3. The van der Waals surface area contributed by atoms with Crippen LogP contribution >= 0.6 is 24.0 Å². The molecule has 1 aliphatic rings. The largest absolute Gasteiger partial charge is 0.356 e. The summed E-state index contributed by atoms with van der Waals surface area (Å²) in [4.78, 5) is 20.8. The van der Waals surface area contributed by atoms with Crippen molar-refractivity contribution in [2.45, 2.75) is 72.1 Å². The van der Waals surface area contributed by atoms with E-state index in [-0.39, 0.29) is 29.9 Å². The van der Waals surface area contributed by atoms with E-state index in [1.54, 1.807) is 7.05 Å². The Labute approximate surface area is 199 Å². The minimum atomic E-state index is 0. The fraction of sp³-hybridized carbons (Fsp3) is 0.652. The van der Waals surface area contributed by atoms with Crippen LogP contribution in [0.15, 0.2) is 29.3 Å². The van der Waals surface area contributed by atoms with Crippen molar-refractivity contribution >= 4 is 35.8 Å². The van der Waals surface area contributed by atoms with Crippen LogP contribution in [-0.2, 0) is 17.9 Å². The van der Waals surface area contributed by atoms with Gasteiger partial charge in [-0.25, -0.2) is 0 Å². The molecule has 2 rings (SSSR count). The SMILES string of the molecule is CN=C(NCCCN(C(C)C)C(C)C)NCc1ccccc1CN1CCCC1=O.I. The summed E-state index contributed by atoms with van der Waals surface area (Å²) in [7, 11) is 1.80. The molecule has 0 radical (unpaired) electrons. The van der Waals surface area contributed by atoms with Gasteiger partial charge in [-0.1, -0.05) is 24.3 Å². The van der Waals surface area contributed by atoms with Gasteiger partial charge in [0.15, 0.2) is 5.96 Å². The molecule has 0 aliphatic carbocycles. The van der Waals surface area contributed by atoms with Gasteiger partial charge in [0, 0.05) is 58.3 Å². The van der Waals surface area contributed by atoms with Gasteiger partial charge in [0.05, 0.1) is 0 Å². The summed E-state index contributed by atoms with van der Waals surface area (Å²) in [6.07, 6.45) is 2.73. The number of carbonyl (C=O) groups is 1. The Balaban J connectivity index is 0.00000450. The van der Waals surface area contributed by atoms with Crippen LogP contribution in [0, 0.1) is 0 Å². The van der Waals surface area contributed by atoms with E-state index in [0.717, 1.165) is 38.4 Å². The summed E-state index contributed by atoms with van der Waals surface area (Å²) in [5.41, 5.74) is 2.41. The number of hydrogen-bond donors (Lipinski definition) is 2. The second-order valence-electron chi connectivity index (χ2n) is 8.32. The smallest absolute Gasteiger partial charge is 0.222 e. The van der Waals surface area contributed by atoms with Crippen LogP contribution in [0.3, 0.4) is 0 Å². The minimum Gasteiger partial charge on any atom is -0.356 e. The molecule has 1 aromatic rings. The lowest BCUT2D eigenvalue weighted by molar-refractivity contribution is -0.128. The summed E-state index contributed by atoms with van der Waals surface area (Å²) in [5.74, 6) is 1.08. The zero-order valence-corrected chi connectivity index (χ0v) is 21.6. The lowest BCUT2D eigenvalue weighted by Gasteiger charge is -2.30. The van der Waals surface area contributed by atoms with E-state index in [0.29, 0.717) is 31.6 Å². The average molecular weight is 530 g/mol. The van der Waals surface area contributed by atoms with E-state index < -0.39 is 0 Å². The molecule has 30 heavy (non-hydrogen) atoms. The number of aliphatic imine (C=N–C) groups is 1. The van der Waals surface area contributed by atoms with Gasteiger partial charge in [-0.3, -0.25) is 14.7 Å². The highest BCUT2D eigenvalue weighted by Crippen LogP contribution is 2.17. The molecule has 1 amide bonds. The van der Waals surface area contributed by atoms with Crippen molar-refractivity contribution < 1.29 is 4.79 Å². The number of nitrogens with one attached hydrogen (secondary N) is 2. The Bertz CT molecular complexity index is 669. The molecule has 170 valence electrons. The number of guanidine groups is 1. The molecule has 1 fully saturated rings. The minimum absolute atomic E-state index is 0. The van der Waals surface area contributed by atoms with Gasteiger partial charge < -0.3 is 15.5 Å². The van der Waals surface area contributed by atoms with Gasteiger partial charge in [-0.05, 0) is 51.7 Å². The lowest BCUT2D eigenvalue weighted by atomic mass is 10.1. The molecule has 0 atom stereocenters. The van der Waals surface area contributed by atoms with E-state index in [9.17, 15) is 4.79 Å². The quantitative estimate of drug-likeness (QED) is 0.211. The predicted octanol–water partition coefficient (Wildman–Crippen LogP) is 3.60. The van der Waals surface area contributed by atoms with Gasteiger partial charge in [-0.15, -0.1) is 24.0 Å². The normalized spacial score (nSPS) is 14.6. The van der Waals surface area contributed by atoms with Crippen molar-refractivity contribution in [3.8, 4) is 0 Å². The van der Waals surface area contributed by atoms with Crippen LogP contribution < -0.4 is 10.6 Å². The molecule has 1 saturated heterocycles. The number of halogens is 1. The van der Waals surface area contributed by atoms with Gasteiger partial charge in [0.2, 0.25) is 5.91 Å². The predicted molar refractivity (Wildman–Crippen MR) is 136 cm³/mol. The Kier molecular flexibility index (Phi) is 12.3. The lowest BCUT2D eigenvalue weighted by Crippen LogP contribution is -2.41. The van der Waals surface area contributed by atoms with E-state index in [4.69, 9.17) is 0 Å². The molecule has 0 aromatic heterocycles. The summed E-state index contributed by atoms with van der Waals surface area (Å²) < 4.78 is 0. The third-order valence-corrected chi connectivity index (χ3v) is 5.53. The van der Waals surface area contributed by atoms with E-state index in [1.165, 1.54) is 11.1 Å². The summed E-state index contributed by atoms with van der Waals surface area (Å²) in [6, 6.07) is 9.46. The van der Waals surface area contributed by atoms with Gasteiger partial charge in [-0.2, -0.15) is 0 Å². The highest BCUT2D eigenvalue weighted by Gasteiger charge is 2.20. The molecule has 1 aromatic carbocycles. The molecule has 2 N–H and O–H groups in total. The standard InChI is InChI=1S/C23H39N5O.HI/c1-18(2)28(19(3)4)15-9-13-25-23(24-5)26-16-20-10-6-7-11-21(20)17-27-14-8-12-22(27)29;/h6-7,10-11,18-19H,8-9,12-17H2,1-5H3,(H2,24,25,26);1H. The molecule has 0 saturated carbocycles. The molecule has 0 spiro atoms. The second-order valence-corrected chi connectivity index (χ2v) is 8.32. The molecular formula is C23H40IN5O. The average Bonchev–Trinajstić information content (AvgIpc) is 3.09. The Morgan fingerprint density at radius 3 is 2.37 bits per heavy atom. The molecule has 1 heterocycles. The first-order valence-corrected chi connectivity index (χ1v) is 11.0. The zero-order chi connectivity index (χ0) is 21.2. The van der Waals surface area contributed by atoms with Crippen LogP contribution in [0.1, 0.15) is 58.1 Å². The first kappa shape index (κ1) is 26.7. The summed E-state index contributed by atoms with van der Waals surface area (Å²) in [5, 5.41) is 6.84. The summed E-state index contributed by atoms with van der Waals surface area (Å²) in [6.45, 7) is 13.2. The highest BCUT2D eigenvalue weighted by molar-refractivity contribution is 14.0. The van der Waals surface area contributed by atoms with Crippen molar-refractivity contribution in [2.24, 2.45) is 4.99 Å². The fourth-order valence-corrected chi connectivity index (χ4v) is 3.94. The fourth-order valence-electron chi connectivity index (χ4n) is 3.94. The Morgan fingerprint density at radius 1 is 1.13 bits per heavy atom. The number of amides is 1. The number of rotatable bonds is 10. The Morgan fingerprint density at radius 2 is 1.80 bits per heavy atom. The summed E-state index contributed by atoms with van der Waals surface area (Å²) >= 11 is 0. The van der Waals surface area contributed by atoms with E-state index >= 15 is 0 Å². The van der Waals surface area contributed by atoms with Gasteiger partial charge in [0.25, 0.3) is 0 Å². The number of nitrogens with zero attached hydrogens (tertiary/aromatic N) is 3. The van der Waals surface area contributed by atoms with Crippen LogP contribution in [-0.4, -0.2) is 60.4 Å². The highest BCUT2D eigenvalue weighted by atomic mass is 127. The Hall–Kier alpha value is -1.35. The molecule has 6 nitrogen and oxygen atoms in total. The van der Waals surface area contributed by atoms with Crippen molar-refractivity contribution in [2.75, 3.05) is 26.7 Å². The van der Waals surface area contributed by atoms with Crippen molar-refractivity contribution in [1.82, 2.24) is 20.4 Å². The molecule has 0 unspecified atom stereocenters. The number of likely N-dealkylation sites (tertiary alicyclic amines) is 1. The maximum atomic E-state index is 12.0. The third-order valence-electron chi connectivity index (χ3n) is 5.53. The van der Waals surface area contributed by atoms with Gasteiger partial charge >= 0.3 is 0 Å². The first-order valence-electron chi connectivity index (χ1n) is 11.0. The van der Waals surface area contributed by atoms with E-state index in [1.807, 2.05) is 11.0 Å². The van der Waals surface area contributed by atoms with Gasteiger partial charge in [0.1, 0.15) is 0 Å². The van der Waals surface area contributed by atoms with Crippen LogP contribution in [0.5, 0.6) is 0 Å². The molecule has 0 bridgehead atoms. The molecular weight excluding hydrogens is 489 g/mol. The first-order chi connectivity index (χ1) is 13.9. The van der Waals surface area contributed by atoms with Crippen molar-refractivity contribution in [3.63, 3.8) is 0 Å². The molecule has 1 aliphatic heterocycles. The topological polar surface area (TPSA) is 60.0 Å². The number of carbonyl (C=O) groups excluding carboxylic acids is 1. The molecule has 7 heteroatoms. The number of hydrogen-bond acceptors (Lipinski definition) is 3. The maximum absolute atomic E-state index is 12.0. The van der Waals surface area contributed by atoms with Crippen LogP contribution in [0.2, 0.25) is 0 Å². The van der Waals surface area contributed by atoms with Crippen molar-refractivity contribution in [3.05, 3.63) is 35.4 Å². The maximum Gasteiger partial charge on any atom is 0.222 e. The second kappa shape index (κ2) is 13.9. The van der Waals surface area contributed by atoms with E-state index in [2.05, 4.69) is 66.4 Å². The van der Waals surface area contributed by atoms with Crippen molar-refractivity contribution in [1.29, 1.82) is 0 Å². The third kappa shape index (κ3) is 8.41. The monoisotopic (exact) mass is 529 g/mol.